The number of hydrogen-bond acceptors (Lipinski definition) is 6. The number of pyridine rings is 1. The lowest BCUT2D eigenvalue weighted by molar-refractivity contribution is -0.137. The molecule has 2 aromatic carbocycles. The number of aryl methyl sites for hydroxylation is 1. The Labute approximate surface area is 185 Å². The Morgan fingerprint density at radius 2 is 1.76 bits per heavy atom. The van der Waals surface area contributed by atoms with Gasteiger partial charge in [0.05, 0.1) is 33.6 Å². The highest BCUT2D eigenvalue weighted by Crippen LogP contribution is 2.34. The van der Waals surface area contributed by atoms with Gasteiger partial charge < -0.3 is 14.6 Å². The van der Waals surface area contributed by atoms with Crippen LogP contribution in [0.2, 0.25) is 0 Å². The molecule has 0 aliphatic carbocycles. The minimum Gasteiger partial charge on any atom is -0.452 e. The van der Waals surface area contributed by atoms with E-state index in [1.807, 2.05) is 6.07 Å². The largest absolute Gasteiger partial charge is 0.452 e. The van der Waals surface area contributed by atoms with Crippen LogP contribution in [0.4, 0.5) is 18.9 Å². The van der Waals surface area contributed by atoms with Crippen LogP contribution >= 0.6 is 0 Å². The first-order valence-corrected chi connectivity index (χ1v) is 9.69. The summed E-state index contributed by atoms with van der Waals surface area (Å²) in [6, 6.07) is 15.0. The van der Waals surface area contributed by atoms with Gasteiger partial charge in [-0.3, -0.25) is 4.79 Å². The molecule has 0 spiro atoms. The summed E-state index contributed by atoms with van der Waals surface area (Å²) < 4.78 is 49.6. The van der Waals surface area contributed by atoms with Crippen molar-refractivity contribution in [2.24, 2.45) is 0 Å². The van der Waals surface area contributed by atoms with Crippen molar-refractivity contribution in [1.29, 1.82) is 0 Å². The van der Waals surface area contributed by atoms with Gasteiger partial charge in [0, 0.05) is 5.56 Å². The summed E-state index contributed by atoms with van der Waals surface area (Å²) >= 11 is 0. The van der Waals surface area contributed by atoms with Gasteiger partial charge in [0.25, 0.3) is 11.6 Å². The predicted octanol–water partition coefficient (Wildman–Crippen LogP) is 5.01. The maximum Gasteiger partial charge on any atom is 0.418 e. The lowest BCUT2D eigenvalue weighted by Gasteiger charge is -2.13. The fourth-order valence-electron chi connectivity index (χ4n) is 3.25. The van der Waals surface area contributed by atoms with Crippen molar-refractivity contribution in [2.45, 2.75) is 13.1 Å². The van der Waals surface area contributed by atoms with Crippen LogP contribution in [0.1, 0.15) is 21.6 Å². The highest BCUT2D eigenvalue weighted by molar-refractivity contribution is 6.05. The Morgan fingerprint density at radius 3 is 2.48 bits per heavy atom. The highest BCUT2D eigenvalue weighted by atomic mass is 19.4. The SMILES string of the molecule is Cc1noc2nc(-c3ccccc3)cc(C(=O)OCC(=O)Nc3ccccc3C(F)(F)F)c12. The number of ether oxygens (including phenoxy) is 1. The third-order valence-electron chi connectivity index (χ3n) is 4.75. The predicted molar refractivity (Wildman–Crippen MR) is 112 cm³/mol. The number of benzene rings is 2. The number of alkyl halides is 3. The molecular weight excluding hydrogens is 439 g/mol. The molecule has 0 radical (unpaired) electrons. The normalized spacial score (nSPS) is 11.4. The van der Waals surface area contributed by atoms with Crippen molar-refractivity contribution < 1.29 is 32.0 Å². The first-order valence-electron chi connectivity index (χ1n) is 9.69. The van der Waals surface area contributed by atoms with Crippen LogP contribution in [0, 0.1) is 6.92 Å². The maximum atomic E-state index is 13.1. The topological polar surface area (TPSA) is 94.3 Å². The zero-order valence-electron chi connectivity index (χ0n) is 17.1. The molecule has 0 aliphatic heterocycles. The molecule has 0 aliphatic rings. The number of carbonyl (C=O) groups is 2. The molecule has 1 N–H and O–H groups in total. The molecule has 0 saturated carbocycles. The average Bonchev–Trinajstić information content (AvgIpc) is 3.18. The second-order valence-corrected chi connectivity index (χ2v) is 7.04. The summed E-state index contributed by atoms with van der Waals surface area (Å²) in [5.74, 6) is -1.79. The highest BCUT2D eigenvalue weighted by Gasteiger charge is 2.33. The summed E-state index contributed by atoms with van der Waals surface area (Å²) in [5, 5.41) is 6.27. The lowest BCUT2D eigenvalue weighted by Crippen LogP contribution is -2.23. The van der Waals surface area contributed by atoms with Crippen LogP contribution in [0.15, 0.2) is 65.2 Å². The van der Waals surface area contributed by atoms with E-state index in [9.17, 15) is 22.8 Å². The van der Waals surface area contributed by atoms with E-state index in [2.05, 4.69) is 15.5 Å². The summed E-state index contributed by atoms with van der Waals surface area (Å²) in [7, 11) is 0. The minimum atomic E-state index is -4.65. The van der Waals surface area contributed by atoms with Gasteiger partial charge in [-0.2, -0.15) is 13.2 Å². The second-order valence-electron chi connectivity index (χ2n) is 7.04. The van der Waals surface area contributed by atoms with E-state index >= 15 is 0 Å². The van der Waals surface area contributed by atoms with E-state index in [-0.39, 0.29) is 11.3 Å². The van der Waals surface area contributed by atoms with E-state index in [0.29, 0.717) is 22.3 Å². The second kappa shape index (κ2) is 8.73. The molecule has 0 unspecified atom stereocenters. The van der Waals surface area contributed by atoms with Crippen molar-refractivity contribution in [3.63, 3.8) is 0 Å². The van der Waals surface area contributed by atoms with Gasteiger partial charge in [0.1, 0.15) is 0 Å². The van der Waals surface area contributed by atoms with Crippen LogP contribution in [0.25, 0.3) is 22.4 Å². The Bertz CT molecular complexity index is 1330. The van der Waals surface area contributed by atoms with Gasteiger partial charge in [0.15, 0.2) is 6.61 Å². The van der Waals surface area contributed by atoms with Gasteiger partial charge in [-0.1, -0.05) is 47.6 Å². The molecular formula is C23H16F3N3O4. The monoisotopic (exact) mass is 455 g/mol. The zero-order valence-corrected chi connectivity index (χ0v) is 17.1. The smallest absolute Gasteiger partial charge is 0.418 e. The fourth-order valence-corrected chi connectivity index (χ4v) is 3.25. The fraction of sp³-hybridized carbons (Fsp3) is 0.130. The average molecular weight is 455 g/mol. The lowest BCUT2D eigenvalue weighted by atomic mass is 10.1. The van der Waals surface area contributed by atoms with Crippen LogP contribution < -0.4 is 5.32 Å². The number of fused-ring (bicyclic) bond motifs is 1. The standard InChI is InChI=1S/C23H16F3N3O4/c1-13-20-15(11-18(28-21(20)33-29-13)14-7-3-2-4-8-14)22(31)32-12-19(30)27-17-10-6-5-9-16(17)23(24,25)26/h2-11H,12H2,1H3,(H,27,30). The van der Waals surface area contributed by atoms with Gasteiger partial charge in [-0.25, -0.2) is 9.78 Å². The number of carbonyl (C=O) groups excluding carboxylic acids is 2. The number of anilines is 1. The van der Waals surface area contributed by atoms with E-state index in [1.165, 1.54) is 18.2 Å². The molecule has 4 aromatic rings. The molecule has 0 atom stereocenters. The summed E-state index contributed by atoms with van der Waals surface area (Å²) in [6.45, 7) is 0.826. The van der Waals surface area contributed by atoms with Gasteiger partial charge >= 0.3 is 12.1 Å². The summed E-state index contributed by atoms with van der Waals surface area (Å²) in [6.07, 6.45) is -4.65. The number of nitrogens with one attached hydrogen (secondary N) is 1. The van der Waals surface area contributed by atoms with Crippen LogP contribution in [-0.4, -0.2) is 28.6 Å². The molecule has 2 aromatic heterocycles. The van der Waals surface area contributed by atoms with Gasteiger partial charge in [0.2, 0.25) is 0 Å². The molecule has 0 bridgehead atoms. The Morgan fingerprint density at radius 1 is 1.06 bits per heavy atom. The van der Waals surface area contributed by atoms with Crippen LogP contribution in [0.3, 0.4) is 0 Å². The number of halogens is 3. The molecule has 7 nitrogen and oxygen atoms in total. The molecule has 1 amide bonds. The number of rotatable bonds is 5. The van der Waals surface area contributed by atoms with E-state index < -0.39 is 35.9 Å². The number of nitrogens with zero attached hydrogens (tertiary/aromatic N) is 2. The van der Waals surface area contributed by atoms with E-state index in [1.54, 1.807) is 31.2 Å². The summed E-state index contributed by atoms with van der Waals surface area (Å²) in [5.41, 5.74) is 0.281. The van der Waals surface area contributed by atoms with E-state index in [0.717, 1.165) is 12.1 Å². The molecule has 0 saturated heterocycles. The molecule has 2 heterocycles. The third-order valence-corrected chi connectivity index (χ3v) is 4.75. The van der Waals surface area contributed by atoms with Gasteiger partial charge in [-0.15, -0.1) is 0 Å². The van der Waals surface area contributed by atoms with Crippen molar-refractivity contribution in [2.75, 3.05) is 11.9 Å². The molecule has 168 valence electrons. The molecule has 10 heteroatoms. The Hall–Kier alpha value is -4.21. The van der Waals surface area contributed by atoms with Crippen molar-refractivity contribution in [1.82, 2.24) is 10.1 Å². The number of amides is 1. The summed E-state index contributed by atoms with van der Waals surface area (Å²) in [4.78, 5) is 29.4. The molecule has 4 rings (SSSR count). The molecule has 33 heavy (non-hydrogen) atoms. The van der Waals surface area contributed by atoms with Crippen molar-refractivity contribution in [3.8, 4) is 11.3 Å². The zero-order chi connectivity index (χ0) is 23.6. The number of para-hydroxylation sites is 1. The van der Waals surface area contributed by atoms with E-state index in [4.69, 9.17) is 9.26 Å². The van der Waals surface area contributed by atoms with Crippen LogP contribution in [0.5, 0.6) is 0 Å². The first kappa shape index (κ1) is 22.0. The molecule has 0 fully saturated rings. The Kier molecular flexibility index (Phi) is 5.82. The number of esters is 1. The minimum absolute atomic E-state index is 0.0705. The maximum absolute atomic E-state index is 13.1. The van der Waals surface area contributed by atoms with Crippen LogP contribution in [-0.2, 0) is 15.7 Å². The third kappa shape index (κ3) is 4.69. The Balaban J connectivity index is 1.55. The first-order chi connectivity index (χ1) is 15.7. The quantitative estimate of drug-likeness (QED) is 0.425. The van der Waals surface area contributed by atoms with Gasteiger partial charge in [-0.05, 0) is 25.1 Å². The number of hydrogen-bond donors (Lipinski definition) is 1. The van der Waals surface area contributed by atoms with Crippen molar-refractivity contribution >= 4 is 28.7 Å². The van der Waals surface area contributed by atoms with Crippen molar-refractivity contribution in [3.05, 3.63) is 77.5 Å². The number of aromatic nitrogens is 2.